The van der Waals surface area contributed by atoms with E-state index in [2.05, 4.69) is 10.0 Å². The molecule has 0 fully saturated rings. The summed E-state index contributed by atoms with van der Waals surface area (Å²) < 4.78 is 26.1. The largest absolute Gasteiger partial charge is 0.326 e. The molecule has 0 aliphatic rings. The van der Waals surface area contributed by atoms with Crippen LogP contribution in [0.25, 0.3) is 6.08 Å². The topological polar surface area (TPSA) is 118 Å². The van der Waals surface area contributed by atoms with Crippen LogP contribution in [0, 0.1) is 17.0 Å². The van der Waals surface area contributed by atoms with E-state index in [9.17, 15) is 23.3 Å². The SMILES string of the molecule is Cc1ccc(NC(=O)CCNS(=O)(=O)C=Cc2ccccc2)cc1[N+](=O)[O-]. The molecule has 2 rings (SSSR count). The van der Waals surface area contributed by atoms with Crippen molar-refractivity contribution in [3.05, 3.63) is 75.2 Å². The molecule has 0 bridgehead atoms. The monoisotopic (exact) mass is 389 g/mol. The van der Waals surface area contributed by atoms with Crippen LogP contribution in [0.4, 0.5) is 11.4 Å². The van der Waals surface area contributed by atoms with Crippen LogP contribution < -0.4 is 10.0 Å². The Balaban J connectivity index is 1.86. The van der Waals surface area contributed by atoms with Crippen LogP contribution in [-0.4, -0.2) is 25.8 Å². The fraction of sp³-hybridized carbons (Fsp3) is 0.167. The Labute approximate surface area is 157 Å². The first-order chi connectivity index (χ1) is 12.8. The molecule has 0 radical (unpaired) electrons. The molecule has 9 heteroatoms. The van der Waals surface area contributed by atoms with Crippen molar-refractivity contribution in [1.82, 2.24) is 4.72 Å². The maximum absolute atomic E-state index is 11.9. The predicted octanol–water partition coefficient (Wildman–Crippen LogP) is 2.82. The zero-order valence-electron chi connectivity index (χ0n) is 14.6. The standard InChI is InChI=1S/C18H19N3O5S/c1-14-7-8-16(13-17(14)21(23)24)20-18(22)9-11-19-27(25,26)12-10-15-5-3-2-4-6-15/h2-8,10,12-13,19H,9,11H2,1H3,(H,20,22). The molecular formula is C18H19N3O5S. The van der Waals surface area contributed by atoms with Gasteiger partial charge in [-0.15, -0.1) is 0 Å². The lowest BCUT2D eigenvalue weighted by atomic mass is 10.2. The van der Waals surface area contributed by atoms with Crippen molar-refractivity contribution in [2.45, 2.75) is 13.3 Å². The van der Waals surface area contributed by atoms with Gasteiger partial charge in [0.2, 0.25) is 15.9 Å². The molecule has 0 aromatic heterocycles. The van der Waals surface area contributed by atoms with Crippen molar-refractivity contribution >= 4 is 33.4 Å². The summed E-state index contributed by atoms with van der Waals surface area (Å²) in [5, 5.41) is 14.5. The second-order valence-electron chi connectivity index (χ2n) is 5.71. The van der Waals surface area contributed by atoms with Gasteiger partial charge in [0.25, 0.3) is 5.69 Å². The Bertz CT molecular complexity index is 956. The second-order valence-corrected chi connectivity index (χ2v) is 7.36. The molecular weight excluding hydrogens is 370 g/mol. The third-order valence-electron chi connectivity index (χ3n) is 3.58. The van der Waals surface area contributed by atoms with E-state index in [1.165, 1.54) is 18.2 Å². The van der Waals surface area contributed by atoms with Gasteiger partial charge in [0.05, 0.1) is 4.92 Å². The lowest BCUT2D eigenvalue weighted by Crippen LogP contribution is -2.26. The second kappa shape index (κ2) is 9.06. The maximum Gasteiger partial charge on any atom is 0.274 e. The first kappa shape index (κ1) is 20.3. The zero-order chi connectivity index (χ0) is 19.9. The molecule has 27 heavy (non-hydrogen) atoms. The summed E-state index contributed by atoms with van der Waals surface area (Å²) in [5.41, 5.74) is 1.40. The molecule has 2 N–H and O–H groups in total. The number of sulfonamides is 1. The van der Waals surface area contributed by atoms with E-state index in [0.29, 0.717) is 5.56 Å². The zero-order valence-corrected chi connectivity index (χ0v) is 15.4. The number of hydrogen-bond acceptors (Lipinski definition) is 5. The minimum absolute atomic E-state index is 0.0960. The molecule has 2 aromatic carbocycles. The van der Waals surface area contributed by atoms with Gasteiger partial charge in [0.15, 0.2) is 0 Å². The summed E-state index contributed by atoms with van der Waals surface area (Å²) in [6, 6.07) is 13.3. The minimum atomic E-state index is -3.67. The summed E-state index contributed by atoms with van der Waals surface area (Å²) in [7, 11) is -3.67. The summed E-state index contributed by atoms with van der Waals surface area (Å²) >= 11 is 0. The summed E-state index contributed by atoms with van der Waals surface area (Å²) in [5.74, 6) is -0.456. The third kappa shape index (κ3) is 6.65. The predicted molar refractivity (Wildman–Crippen MR) is 103 cm³/mol. The van der Waals surface area contributed by atoms with Crippen molar-refractivity contribution in [2.24, 2.45) is 0 Å². The van der Waals surface area contributed by atoms with Gasteiger partial charge in [-0.2, -0.15) is 0 Å². The molecule has 0 saturated heterocycles. The highest BCUT2D eigenvalue weighted by Gasteiger charge is 2.13. The lowest BCUT2D eigenvalue weighted by Gasteiger charge is -2.07. The van der Waals surface area contributed by atoms with Crippen molar-refractivity contribution in [2.75, 3.05) is 11.9 Å². The minimum Gasteiger partial charge on any atom is -0.326 e. The maximum atomic E-state index is 11.9. The summed E-state index contributed by atoms with van der Waals surface area (Å²) in [6.07, 6.45) is 1.34. The number of nitrogens with one attached hydrogen (secondary N) is 2. The normalized spacial score (nSPS) is 11.4. The summed E-state index contributed by atoms with van der Waals surface area (Å²) in [6.45, 7) is 1.50. The quantitative estimate of drug-likeness (QED) is 0.532. The number of aryl methyl sites for hydroxylation is 1. The molecule has 1 amide bonds. The van der Waals surface area contributed by atoms with Gasteiger partial charge in [-0.3, -0.25) is 14.9 Å². The number of anilines is 1. The number of carbonyl (C=O) groups excluding carboxylic acids is 1. The molecule has 0 saturated carbocycles. The van der Waals surface area contributed by atoms with Crippen molar-refractivity contribution < 1.29 is 18.1 Å². The van der Waals surface area contributed by atoms with E-state index < -0.39 is 20.9 Å². The smallest absolute Gasteiger partial charge is 0.274 e. The first-order valence-corrected chi connectivity index (χ1v) is 9.59. The fourth-order valence-corrected chi connectivity index (χ4v) is 3.01. The van der Waals surface area contributed by atoms with E-state index in [0.717, 1.165) is 11.0 Å². The van der Waals surface area contributed by atoms with Crippen molar-refractivity contribution in [3.63, 3.8) is 0 Å². The third-order valence-corrected chi connectivity index (χ3v) is 4.68. The Morgan fingerprint density at radius 1 is 1.19 bits per heavy atom. The van der Waals surface area contributed by atoms with Gasteiger partial charge in [-0.1, -0.05) is 36.4 Å². The van der Waals surface area contributed by atoms with Crippen molar-refractivity contribution in [1.29, 1.82) is 0 Å². The van der Waals surface area contributed by atoms with E-state index in [1.807, 2.05) is 6.07 Å². The average Bonchev–Trinajstić information content (AvgIpc) is 2.62. The summed E-state index contributed by atoms with van der Waals surface area (Å²) in [4.78, 5) is 22.3. The first-order valence-electron chi connectivity index (χ1n) is 8.04. The van der Waals surface area contributed by atoms with E-state index >= 15 is 0 Å². The van der Waals surface area contributed by atoms with Gasteiger partial charge in [0, 0.05) is 35.7 Å². The molecule has 0 atom stereocenters. The van der Waals surface area contributed by atoms with Gasteiger partial charge in [-0.05, 0) is 24.6 Å². The fourth-order valence-electron chi connectivity index (χ4n) is 2.19. The molecule has 8 nitrogen and oxygen atoms in total. The molecule has 0 heterocycles. The van der Waals surface area contributed by atoms with Crippen LogP contribution in [0.5, 0.6) is 0 Å². The molecule has 0 unspecified atom stereocenters. The number of carbonyl (C=O) groups is 1. The average molecular weight is 389 g/mol. The van der Waals surface area contributed by atoms with E-state index in [1.54, 1.807) is 37.3 Å². The number of nitro groups is 1. The highest BCUT2D eigenvalue weighted by molar-refractivity contribution is 7.92. The molecule has 0 spiro atoms. The Morgan fingerprint density at radius 3 is 2.56 bits per heavy atom. The number of benzene rings is 2. The molecule has 0 aliphatic carbocycles. The van der Waals surface area contributed by atoms with Crippen molar-refractivity contribution in [3.8, 4) is 0 Å². The number of amides is 1. The van der Waals surface area contributed by atoms with Gasteiger partial charge in [0.1, 0.15) is 0 Å². The van der Waals surface area contributed by atoms with Crippen LogP contribution in [0.15, 0.2) is 53.9 Å². The number of nitrogens with zero attached hydrogens (tertiary/aromatic N) is 1. The van der Waals surface area contributed by atoms with Gasteiger partial charge in [-0.25, -0.2) is 13.1 Å². The molecule has 0 aliphatic heterocycles. The van der Waals surface area contributed by atoms with Gasteiger partial charge >= 0.3 is 0 Å². The van der Waals surface area contributed by atoms with Crippen LogP contribution in [0.1, 0.15) is 17.5 Å². The number of hydrogen-bond donors (Lipinski definition) is 2. The molecule has 142 valence electrons. The van der Waals surface area contributed by atoms with E-state index in [-0.39, 0.29) is 24.3 Å². The van der Waals surface area contributed by atoms with Crippen LogP contribution in [0.2, 0.25) is 0 Å². The van der Waals surface area contributed by atoms with Crippen LogP contribution in [0.3, 0.4) is 0 Å². The number of nitro benzene ring substituents is 1. The van der Waals surface area contributed by atoms with E-state index in [4.69, 9.17) is 0 Å². The Kier molecular flexibility index (Phi) is 6.80. The highest BCUT2D eigenvalue weighted by atomic mass is 32.2. The Hall–Kier alpha value is -3.04. The highest BCUT2D eigenvalue weighted by Crippen LogP contribution is 2.22. The number of rotatable bonds is 8. The molecule has 2 aromatic rings. The van der Waals surface area contributed by atoms with Crippen LogP contribution >= 0.6 is 0 Å². The Morgan fingerprint density at radius 2 is 1.89 bits per heavy atom. The van der Waals surface area contributed by atoms with Crippen LogP contribution in [-0.2, 0) is 14.8 Å². The lowest BCUT2D eigenvalue weighted by molar-refractivity contribution is -0.385. The van der Waals surface area contributed by atoms with Gasteiger partial charge < -0.3 is 5.32 Å².